The number of nitrogens with one attached hydrogen (secondary N) is 1. The lowest BCUT2D eigenvalue weighted by molar-refractivity contribution is -0.120. The Morgan fingerprint density at radius 3 is 2.21 bits per heavy atom. The van der Waals surface area contributed by atoms with Crippen LogP contribution < -0.4 is 11.1 Å². The Balaban J connectivity index is 2.46. The molecule has 3 N–H and O–H groups in total. The van der Waals surface area contributed by atoms with Gasteiger partial charge in [0.05, 0.1) is 6.04 Å². The highest BCUT2D eigenvalue weighted by Crippen LogP contribution is 2.10. The summed E-state index contributed by atoms with van der Waals surface area (Å²) in [6.07, 6.45) is 1.03. The van der Waals surface area contributed by atoms with Crippen molar-refractivity contribution < 1.29 is 9.59 Å². The molecule has 134 valence electrons. The molecule has 1 aromatic carbocycles. The molecule has 0 aromatic heterocycles. The predicted octanol–water partition coefficient (Wildman–Crippen LogP) is 1.78. The minimum Gasteiger partial charge on any atom is -0.366 e. The van der Waals surface area contributed by atoms with Crippen molar-refractivity contribution in [1.82, 2.24) is 9.80 Å². The molecule has 0 heterocycles. The predicted molar refractivity (Wildman–Crippen MR) is 98.1 cm³/mol. The van der Waals surface area contributed by atoms with E-state index in [4.69, 9.17) is 5.73 Å². The number of carbonyl (C=O) groups is 2. The van der Waals surface area contributed by atoms with Crippen LogP contribution in [0.3, 0.4) is 0 Å². The van der Waals surface area contributed by atoms with E-state index in [9.17, 15) is 9.59 Å². The molecule has 0 bridgehead atoms. The van der Waals surface area contributed by atoms with Crippen LogP contribution in [0.2, 0.25) is 0 Å². The highest BCUT2D eigenvalue weighted by molar-refractivity contribution is 5.96. The van der Waals surface area contributed by atoms with Crippen molar-refractivity contribution in [2.45, 2.75) is 33.2 Å². The van der Waals surface area contributed by atoms with Crippen molar-refractivity contribution in [3.8, 4) is 0 Å². The van der Waals surface area contributed by atoms with E-state index in [0.29, 0.717) is 11.3 Å². The quantitative estimate of drug-likeness (QED) is 0.683. The molecule has 0 fully saturated rings. The van der Waals surface area contributed by atoms with Crippen LogP contribution in [0.25, 0.3) is 0 Å². The number of rotatable bonds is 10. The summed E-state index contributed by atoms with van der Waals surface area (Å²) in [5.74, 6) is -0.540. The summed E-state index contributed by atoms with van der Waals surface area (Å²) in [6, 6.07) is 6.36. The fourth-order valence-corrected chi connectivity index (χ4v) is 2.44. The average molecular weight is 334 g/mol. The van der Waals surface area contributed by atoms with Crippen LogP contribution in [0.15, 0.2) is 24.3 Å². The summed E-state index contributed by atoms with van der Waals surface area (Å²) < 4.78 is 0. The number of likely N-dealkylation sites (N-methyl/N-ethyl adjacent to an activating group) is 1. The smallest absolute Gasteiger partial charge is 0.248 e. The van der Waals surface area contributed by atoms with Crippen molar-refractivity contribution in [1.29, 1.82) is 0 Å². The Labute approximate surface area is 145 Å². The second-order valence-electron chi connectivity index (χ2n) is 5.97. The van der Waals surface area contributed by atoms with Crippen LogP contribution in [0, 0.1) is 0 Å². The molecule has 0 radical (unpaired) electrons. The van der Waals surface area contributed by atoms with Crippen molar-refractivity contribution in [2.24, 2.45) is 5.73 Å². The zero-order chi connectivity index (χ0) is 18.1. The van der Waals surface area contributed by atoms with Gasteiger partial charge in [0.1, 0.15) is 0 Å². The van der Waals surface area contributed by atoms with Gasteiger partial charge in [0.2, 0.25) is 11.8 Å². The molecule has 0 saturated carbocycles. The second-order valence-corrected chi connectivity index (χ2v) is 5.97. The first-order valence-electron chi connectivity index (χ1n) is 8.52. The lowest BCUT2D eigenvalue weighted by atomic mass is 10.2. The van der Waals surface area contributed by atoms with Gasteiger partial charge in [0, 0.05) is 11.3 Å². The van der Waals surface area contributed by atoms with Crippen LogP contribution in [0.4, 0.5) is 5.69 Å². The minimum atomic E-state index is -0.478. The highest BCUT2D eigenvalue weighted by Gasteiger charge is 2.18. The molecule has 6 nitrogen and oxygen atoms in total. The lowest BCUT2D eigenvalue weighted by Crippen LogP contribution is -2.40. The largest absolute Gasteiger partial charge is 0.366 e. The van der Waals surface area contributed by atoms with Crippen molar-refractivity contribution >= 4 is 17.5 Å². The van der Waals surface area contributed by atoms with Crippen LogP contribution in [-0.4, -0.2) is 60.9 Å². The minimum absolute atomic E-state index is 0.0628. The third kappa shape index (κ3) is 6.29. The Hall–Kier alpha value is -1.92. The van der Waals surface area contributed by atoms with E-state index in [1.165, 1.54) is 0 Å². The number of carbonyl (C=O) groups excluding carboxylic acids is 2. The van der Waals surface area contributed by atoms with E-state index in [0.717, 1.165) is 32.6 Å². The van der Waals surface area contributed by atoms with Crippen molar-refractivity contribution in [2.75, 3.05) is 38.5 Å². The monoisotopic (exact) mass is 334 g/mol. The number of nitrogens with two attached hydrogens (primary N) is 1. The summed E-state index contributed by atoms with van der Waals surface area (Å²) in [4.78, 5) is 27.8. The van der Waals surface area contributed by atoms with E-state index in [2.05, 4.69) is 29.0 Å². The summed E-state index contributed by atoms with van der Waals surface area (Å²) >= 11 is 0. The molecule has 1 aromatic rings. The number of hydrogen-bond donors (Lipinski definition) is 2. The molecule has 1 rings (SSSR count). The molecule has 2 amide bonds. The van der Waals surface area contributed by atoms with Gasteiger partial charge >= 0.3 is 0 Å². The molecule has 0 aliphatic heterocycles. The van der Waals surface area contributed by atoms with Crippen LogP contribution in [-0.2, 0) is 4.79 Å². The Morgan fingerprint density at radius 2 is 1.71 bits per heavy atom. The summed E-state index contributed by atoms with van der Waals surface area (Å²) in [7, 11) is 1.96. The van der Waals surface area contributed by atoms with Gasteiger partial charge in [0.25, 0.3) is 0 Å². The fourth-order valence-electron chi connectivity index (χ4n) is 2.44. The lowest BCUT2D eigenvalue weighted by Gasteiger charge is -2.25. The van der Waals surface area contributed by atoms with E-state index >= 15 is 0 Å². The first-order valence-corrected chi connectivity index (χ1v) is 8.52. The molecule has 6 heteroatoms. The number of anilines is 1. The first kappa shape index (κ1) is 20.1. The van der Waals surface area contributed by atoms with Gasteiger partial charge in [-0.25, -0.2) is 0 Å². The SMILES string of the molecule is CCN(CC)CCCN(C)[C@@H](C)C(=O)Nc1ccc(C(N)=O)cc1. The van der Waals surface area contributed by atoms with Crippen LogP contribution in [0.5, 0.6) is 0 Å². The topological polar surface area (TPSA) is 78.7 Å². The van der Waals surface area contributed by atoms with Gasteiger partial charge in [-0.15, -0.1) is 0 Å². The third-order valence-corrected chi connectivity index (χ3v) is 4.36. The number of primary amides is 1. The molecule has 0 unspecified atom stereocenters. The molecule has 0 aliphatic carbocycles. The maximum atomic E-state index is 12.3. The van der Waals surface area contributed by atoms with E-state index in [1.807, 2.05) is 14.0 Å². The molecular weight excluding hydrogens is 304 g/mol. The number of amides is 2. The molecular formula is C18H30N4O2. The van der Waals surface area contributed by atoms with Gasteiger partial charge in [0.15, 0.2) is 0 Å². The fraction of sp³-hybridized carbons (Fsp3) is 0.556. The zero-order valence-electron chi connectivity index (χ0n) is 15.2. The second kappa shape index (κ2) is 10.1. The van der Waals surface area contributed by atoms with Crippen molar-refractivity contribution in [3.63, 3.8) is 0 Å². The molecule has 0 spiro atoms. The number of nitrogens with zero attached hydrogens (tertiary/aromatic N) is 2. The Bertz CT molecular complexity index is 526. The molecule has 0 saturated heterocycles. The van der Waals surface area contributed by atoms with Crippen molar-refractivity contribution in [3.05, 3.63) is 29.8 Å². The van der Waals surface area contributed by atoms with Crippen LogP contribution in [0.1, 0.15) is 37.6 Å². The highest BCUT2D eigenvalue weighted by atomic mass is 16.2. The van der Waals surface area contributed by atoms with Crippen LogP contribution >= 0.6 is 0 Å². The zero-order valence-corrected chi connectivity index (χ0v) is 15.2. The summed E-state index contributed by atoms with van der Waals surface area (Å²) in [5, 5.41) is 2.87. The number of benzene rings is 1. The molecule has 1 atom stereocenters. The van der Waals surface area contributed by atoms with E-state index in [-0.39, 0.29) is 11.9 Å². The standard InChI is InChI=1S/C18H30N4O2/c1-5-22(6-2)13-7-12-21(4)14(3)18(24)20-16-10-8-15(9-11-16)17(19)23/h8-11,14H,5-7,12-13H2,1-4H3,(H2,19,23)(H,20,24)/t14-/m0/s1. The summed E-state index contributed by atoms with van der Waals surface area (Å²) in [6.45, 7) is 10.2. The maximum absolute atomic E-state index is 12.3. The average Bonchev–Trinajstić information content (AvgIpc) is 2.58. The normalized spacial score (nSPS) is 12.4. The van der Waals surface area contributed by atoms with Gasteiger partial charge in [-0.2, -0.15) is 0 Å². The van der Waals surface area contributed by atoms with E-state index < -0.39 is 5.91 Å². The molecule has 24 heavy (non-hydrogen) atoms. The van der Waals surface area contributed by atoms with Gasteiger partial charge in [-0.1, -0.05) is 13.8 Å². The van der Waals surface area contributed by atoms with Gasteiger partial charge in [-0.05, 0) is 70.8 Å². The van der Waals surface area contributed by atoms with Gasteiger partial charge < -0.3 is 16.0 Å². The Morgan fingerprint density at radius 1 is 1.12 bits per heavy atom. The molecule has 0 aliphatic rings. The number of hydrogen-bond acceptors (Lipinski definition) is 4. The van der Waals surface area contributed by atoms with Gasteiger partial charge in [-0.3, -0.25) is 14.5 Å². The van der Waals surface area contributed by atoms with E-state index in [1.54, 1.807) is 24.3 Å². The third-order valence-electron chi connectivity index (χ3n) is 4.36. The first-order chi connectivity index (χ1) is 11.4. The summed E-state index contributed by atoms with van der Waals surface area (Å²) in [5.41, 5.74) is 6.29. The Kier molecular flexibility index (Phi) is 8.43. The maximum Gasteiger partial charge on any atom is 0.248 e.